The minimum absolute atomic E-state index is 0.0938. The lowest BCUT2D eigenvalue weighted by Crippen LogP contribution is -2.49. The van der Waals surface area contributed by atoms with Crippen molar-refractivity contribution in [2.45, 2.75) is 33.4 Å². The van der Waals surface area contributed by atoms with E-state index >= 15 is 0 Å². The van der Waals surface area contributed by atoms with Crippen LogP contribution >= 0.6 is 0 Å². The van der Waals surface area contributed by atoms with Gasteiger partial charge in [-0.05, 0) is 53.9 Å². The number of nitrogens with zero attached hydrogens (tertiary/aromatic N) is 6. The maximum atomic E-state index is 13.3. The molecule has 1 atom stereocenters. The zero-order chi connectivity index (χ0) is 22.0. The predicted molar refractivity (Wildman–Crippen MR) is 119 cm³/mol. The van der Waals surface area contributed by atoms with Crippen molar-refractivity contribution in [3.63, 3.8) is 0 Å². The van der Waals surface area contributed by atoms with Crippen LogP contribution in [0.25, 0.3) is 10.9 Å². The Labute approximate surface area is 182 Å². The number of benzene rings is 1. The molecule has 0 radical (unpaired) electrons. The number of hydrogen-bond donors (Lipinski definition) is 1. The summed E-state index contributed by atoms with van der Waals surface area (Å²) in [6, 6.07) is 5.90. The van der Waals surface area contributed by atoms with Crippen molar-refractivity contribution in [1.82, 2.24) is 35.0 Å². The molecule has 1 fully saturated rings. The van der Waals surface area contributed by atoms with Gasteiger partial charge in [-0.1, -0.05) is 18.6 Å². The smallest absolute Gasteiger partial charge is 0.253 e. The van der Waals surface area contributed by atoms with Crippen LogP contribution in [0.5, 0.6) is 0 Å². The summed E-state index contributed by atoms with van der Waals surface area (Å²) in [7, 11) is 1.66. The molecule has 0 spiro atoms. The van der Waals surface area contributed by atoms with E-state index in [1.54, 1.807) is 11.8 Å². The number of hydrogen-bond acceptors (Lipinski definition) is 7. The number of pyridine rings is 1. The van der Waals surface area contributed by atoms with Crippen LogP contribution in [0.1, 0.15) is 35.5 Å². The van der Waals surface area contributed by atoms with Crippen molar-refractivity contribution in [1.29, 1.82) is 0 Å². The van der Waals surface area contributed by atoms with E-state index in [4.69, 9.17) is 4.74 Å². The van der Waals surface area contributed by atoms with Crippen molar-refractivity contribution in [3.8, 4) is 0 Å². The number of aromatic amines is 1. The van der Waals surface area contributed by atoms with Crippen LogP contribution in [0.4, 0.5) is 0 Å². The van der Waals surface area contributed by atoms with Crippen molar-refractivity contribution < 1.29 is 4.74 Å². The van der Waals surface area contributed by atoms with Gasteiger partial charge in [-0.2, -0.15) is 0 Å². The molecule has 1 aromatic carbocycles. The molecule has 1 N–H and O–H groups in total. The molecular weight excluding hydrogens is 394 g/mol. The molecule has 166 valence electrons. The Kier molecular flexibility index (Phi) is 6.45. The summed E-state index contributed by atoms with van der Waals surface area (Å²) in [6.45, 7) is 11.9. The van der Waals surface area contributed by atoms with Gasteiger partial charge in [0.15, 0.2) is 5.82 Å². The molecule has 1 saturated heterocycles. The van der Waals surface area contributed by atoms with Gasteiger partial charge in [-0.15, -0.1) is 5.10 Å². The predicted octanol–water partition coefficient (Wildman–Crippen LogP) is 1.50. The fourth-order valence-corrected chi connectivity index (χ4v) is 4.49. The Morgan fingerprint density at radius 2 is 1.94 bits per heavy atom. The van der Waals surface area contributed by atoms with Gasteiger partial charge >= 0.3 is 0 Å². The molecule has 0 bridgehead atoms. The number of tetrazole rings is 1. The van der Waals surface area contributed by atoms with Crippen molar-refractivity contribution in [2.75, 3.05) is 46.4 Å². The van der Waals surface area contributed by atoms with Crippen LogP contribution in [0, 0.1) is 13.8 Å². The van der Waals surface area contributed by atoms with E-state index in [1.165, 1.54) is 5.56 Å². The molecule has 31 heavy (non-hydrogen) atoms. The number of methoxy groups -OCH3 is 1. The van der Waals surface area contributed by atoms with E-state index in [9.17, 15) is 4.79 Å². The molecular formula is C22H31N7O2. The fraction of sp³-hybridized carbons (Fsp3) is 0.545. The summed E-state index contributed by atoms with van der Waals surface area (Å²) in [5.41, 5.74) is 3.70. The van der Waals surface area contributed by atoms with Gasteiger partial charge in [0, 0.05) is 38.9 Å². The lowest BCUT2D eigenvalue weighted by Gasteiger charge is -2.38. The third kappa shape index (κ3) is 4.39. The summed E-state index contributed by atoms with van der Waals surface area (Å²) < 4.78 is 6.99. The molecule has 1 aliphatic heterocycles. The molecule has 2 aromatic heterocycles. The zero-order valence-electron chi connectivity index (χ0n) is 18.8. The first-order valence-electron chi connectivity index (χ1n) is 10.9. The van der Waals surface area contributed by atoms with Gasteiger partial charge in [0.2, 0.25) is 0 Å². The SMILES string of the molecule is CCN1CCN([C@@H](c2cc3cc(C)cc(C)c3[nH]c2=O)c2nnnn2CCOC)CC1. The van der Waals surface area contributed by atoms with E-state index in [0.29, 0.717) is 24.5 Å². The number of piperazine rings is 1. The van der Waals surface area contributed by atoms with Gasteiger partial charge in [-0.3, -0.25) is 9.69 Å². The normalized spacial score (nSPS) is 16.8. The maximum Gasteiger partial charge on any atom is 0.253 e. The molecule has 0 amide bonds. The average molecular weight is 426 g/mol. The summed E-state index contributed by atoms with van der Waals surface area (Å²) in [5, 5.41) is 13.5. The lowest BCUT2D eigenvalue weighted by atomic mass is 10.00. The zero-order valence-corrected chi connectivity index (χ0v) is 18.8. The molecule has 3 aromatic rings. The van der Waals surface area contributed by atoms with Crippen molar-refractivity contribution >= 4 is 10.9 Å². The molecule has 0 saturated carbocycles. The molecule has 9 nitrogen and oxygen atoms in total. The largest absolute Gasteiger partial charge is 0.383 e. The van der Waals surface area contributed by atoms with Crippen LogP contribution in [0.15, 0.2) is 23.0 Å². The lowest BCUT2D eigenvalue weighted by molar-refractivity contribution is 0.106. The highest BCUT2D eigenvalue weighted by Crippen LogP contribution is 2.28. The van der Waals surface area contributed by atoms with E-state index in [-0.39, 0.29) is 11.6 Å². The monoisotopic (exact) mass is 425 g/mol. The van der Waals surface area contributed by atoms with Crippen LogP contribution in [0.2, 0.25) is 0 Å². The number of aryl methyl sites for hydroxylation is 2. The van der Waals surface area contributed by atoms with E-state index < -0.39 is 0 Å². The number of aromatic nitrogens is 5. The minimum atomic E-state index is -0.320. The summed E-state index contributed by atoms with van der Waals surface area (Å²) >= 11 is 0. The summed E-state index contributed by atoms with van der Waals surface area (Å²) in [4.78, 5) is 21.2. The van der Waals surface area contributed by atoms with E-state index in [0.717, 1.165) is 49.2 Å². The maximum absolute atomic E-state index is 13.3. The third-order valence-electron chi connectivity index (χ3n) is 6.15. The fourth-order valence-electron chi connectivity index (χ4n) is 4.49. The summed E-state index contributed by atoms with van der Waals surface area (Å²) in [6.07, 6.45) is 0. The Morgan fingerprint density at radius 3 is 2.65 bits per heavy atom. The van der Waals surface area contributed by atoms with Crippen LogP contribution in [-0.2, 0) is 11.3 Å². The molecule has 1 aliphatic rings. The first-order valence-corrected chi connectivity index (χ1v) is 10.9. The molecule has 3 heterocycles. The topological polar surface area (TPSA) is 92.2 Å². The highest BCUT2D eigenvalue weighted by atomic mass is 16.5. The second-order valence-electron chi connectivity index (χ2n) is 8.23. The van der Waals surface area contributed by atoms with Crippen LogP contribution in [0.3, 0.4) is 0 Å². The van der Waals surface area contributed by atoms with Crippen molar-refractivity contribution in [3.05, 3.63) is 51.1 Å². The molecule has 4 rings (SSSR count). The average Bonchev–Trinajstić information content (AvgIpc) is 3.22. The standard InChI is InChI=1S/C22H31N7O2/c1-5-27-6-8-28(9-7-27)20(21-24-25-26-29(21)10-11-31-4)18-14-17-13-15(2)12-16(3)19(17)23-22(18)30/h12-14,20H,5-11H2,1-4H3,(H,23,30)/t20-/m0/s1. The minimum Gasteiger partial charge on any atom is -0.383 e. The highest BCUT2D eigenvalue weighted by Gasteiger charge is 2.32. The number of nitrogens with one attached hydrogen (secondary N) is 1. The molecule has 0 unspecified atom stereocenters. The molecule has 0 aliphatic carbocycles. The Balaban J connectivity index is 1.82. The summed E-state index contributed by atoms with van der Waals surface area (Å²) in [5.74, 6) is 0.677. The second kappa shape index (κ2) is 9.25. The van der Waals surface area contributed by atoms with E-state index in [2.05, 4.69) is 56.3 Å². The van der Waals surface area contributed by atoms with Crippen molar-refractivity contribution in [2.24, 2.45) is 0 Å². The number of likely N-dealkylation sites (N-methyl/N-ethyl adjacent to an activating group) is 1. The number of rotatable bonds is 7. The van der Waals surface area contributed by atoms with Gasteiger partial charge in [0.05, 0.1) is 18.7 Å². The van der Waals surface area contributed by atoms with Gasteiger partial charge in [-0.25, -0.2) is 4.68 Å². The van der Waals surface area contributed by atoms with Crippen LogP contribution < -0.4 is 5.56 Å². The number of fused-ring (bicyclic) bond motifs is 1. The van der Waals surface area contributed by atoms with Gasteiger partial charge in [0.1, 0.15) is 6.04 Å². The van der Waals surface area contributed by atoms with E-state index in [1.807, 2.05) is 13.0 Å². The number of H-pyrrole nitrogens is 1. The Hall–Kier alpha value is -2.62. The quantitative estimate of drug-likeness (QED) is 0.613. The number of ether oxygens (including phenoxy) is 1. The van der Waals surface area contributed by atoms with Gasteiger partial charge < -0.3 is 14.6 Å². The second-order valence-corrected chi connectivity index (χ2v) is 8.23. The van der Waals surface area contributed by atoms with Gasteiger partial charge in [0.25, 0.3) is 5.56 Å². The Morgan fingerprint density at radius 1 is 1.16 bits per heavy atom. The highest BCUT2D eigenvalue weighted by molar-refractivity contribution is 5.83. The first-order chi connectivity index (χ1) is 15.0. The third-order valence-corrected chi connectivity index (χ3v) is 6.15. The molecule has 9 heteroatoms. The first kappa shape index (κ1) is 21.6. The Bertz CT molecular complexity index is 1100. The van der Waals surface area contributed by atoms with Crippen LogP contribution in [-0.4, -0.2) is 81.4 Å².